The molecule has 1 aliphatic carbocycles. The number of aryl methyl sites for hydroxylation is 1. The van der Waals surface area contributed by atoms with Crippen LogP contribution < -0.4 is 15.4 Å². The molecule has 4 aromatic rings. The van der Waals surface area contributed by atoms with Crippen LogP contribution in [0.1, 0.15) is 56.8 Å². The zero-order valence-electron chi connectivity index (χ0n) is 24.5. The molecule has 1 aromatic carbocycles. The summed E-state index contributed by atoms with van der Waals surface area (Å²) < 4.78 is 15.9. The molecule has 218 valence electrons. The second kappa shape index (κ2) is 10.8. The van der Waals surface area contributed by atoms with E-state index in [1.807, 2.05) is 38.5 Å². The first kappa shape index (κ1) is 27.8. The Hall–Kier alpha value is -3.37. The van der Waals surface area contributed by atoms with Crippen LogP contribution in [0.3, 0.4) is 0 Å². The lowest BCUT2D eigenvalue weighted by molar-refractivity contribution is 0.0506. The van der Waals surface area contributed by atoms with Crippen LogP contribution in [0.15, 0.2) is 29.9 Å². The van der Waals surface area contributed by atoms with Gasteiger partial charge in [-0.3, -0.25) is 4.79 Å². The van der Waals surface area contributed by atoms with Crippen molar-refractivity contribution in [3.63, 3.8) is 0 Å². The Balaban J connectivity index is 1.44. The molecular weight excluding hydrogens is 538 g/mol. The van der Waals surface area contributed by atoms with E-state index >= 15 is 0 Å². The highest BCUT2D eigenvalue weighted by molar-refractivity contribution is 7.16. The second-order valence-electron chi connectivity index (χ2n) is 12.4. The van der Waals surface area contributed by atoms with Crippen molar-refractivity contribution < 1.29 is 19.1 Å². The van der Waals surface area contributed by atoms with Crippen molar-refractivity contribution in [3.8, 4) is 17.0 Å². The highest BCUT2D eigenvalue weighted by atomic mass is 32.1. The van der Waals surface area contributed by atoms with Gasteiger partial charge in [0.15, 0.2) is 11.5 Å². The van der Waals surface area contributed by atoms with Crippen LogP contribution in [0.4, 0.5) is 4.79 Å². The molecule has 0 bridgehead atoms. The van der Waals surface area contributed by atoms with Gasteiger partial charge in [0, 0.05) is 31.1 Å². The van der Waals surface area contributed by atoms with Crippen molar-refractivity contribution in [2.75, 3.05) is 20.2 Å². The second-order valence-corrected chi connectivity index (χ2v) is 13.3. The summed E-state index contributed by atoms with van der Waals surface area (Å²) in [5.74, 6) is 1.22. The Morgan fingerprint density at radius 1 is 1.22 bits per heavy atom. The minimum absolute atomic E-state index is 0.0101. The van der Waals surface area contributed by atoms with Crippen molar-refractivity contribution in [2.45, 2.75) is 64.6 Å². The molecule has 1 aliphatic heterocycles. The summed E-state index contributed by atoms with van der Waals surface area (Å²) in [5, 5.41) is 9.67. The Morgan fingerprint density at radius 2 is 2.02 bits per heavy atom. The van der Waals surface area contributed by atoms with Crippen LogP contribution in [0.2, 0.25) is 0 Å². The molecule has 1 amide bonds. The fraction of sp³-hybridized carbons (Fsp3) is 0.516. The van der Waals surface area contributed by atoms with E-state index in [4.69, 9.17) is 9.47 Å². The van der Waals surface area contributed by atoms with Crippen molar-refractivity contribution in [1.82, 2.24) is 24.8 Å². The van der Waals surface area contributed by atoms with E-state index in [2.05, 4.69) is 37.7 Å². The molecule has 2 N–H and O–H groups in total. The van der Waals surface area contributed by atoms with Crippen LogP contribution in [0.5, 0.6) is 5.75 Å². The van der Waals surface area contributed by atoms with Crippen LogP contribution >= 0.6 is 11.3 Å². The highest BCUT2D eigenvalue weighted by Gasteiger charge is 2.36. The molecule has 1 saturated carbocycles. The number of nitrogens with one attached hydrogen (secondary N) is 2. The van der Waals surface area contributed by atoms with E-state index in [9.17, 15) is 9.59 Å². The number of thiophene rings is 1. The molecule has 2 unspecified atom stereocenters. The molecule has 2 atom stereocenters. The molecule has 2 fully saturated rings. The smallest absolute Gasteiger partial charge is 0.407 e. The summed E-state index contributed by atoms with van der Waals surface area (Å²) in [6, 6.07) is 5.80. The Labute approximate surface area is 244 Å². The normalized spacial score (nSPS) is 19.5. The molecule has 41 heavy (non-hydrogen) atoms. The fourth-order valence-corrected chi connectivity index (χ4v) is 6.93. The summed E-state index contributed by atoms with van der Waals surface area (Å²) >= 11 is 1.73. The summed E-state index contributed by atoms with van der Waals surface area (Å²) in [4.78, 5) is 32.9. The van der Waals surface area contributed by atoms with Crippen molar-refractivity contribution in [1.29, 1.82) is 0 Å². The first-order chi connectivity index (χ1) is 19.6. The number of nitrogens with zero attached hydrogens (tertiary/aromatic N) is 3. The predicted octanol–water partition coefficient (Wildman–Crippen LogP) is 5.75. The molecule has 1 saturated heterocycles. The van der Waals surface area contributed by atoms with Gasteiger partial charge in [-0.25, -0.2) is 9.78 Å². The lowest BCUT2D eigenvalue weighted by atomic mass is 9.84. The number of piperidine rings is 1. The van der Waals surface area contributed by atoms with E-state index < -0.39 is 17.7 Å². The number of methoxy groups -OCH3 is 1. The standard InChI is InChI=1S/C31H39N5O4S/c1-31(2,3)40-30(38)33-15-20-7-6-11-32-25(20)27(37)21-14-22-26(35(4)17-34-22)28(39-5)24(21)23-13-19-10-12-41-29(19)36(23)16-18-8-9-18/h10,12-14,17-18,20,25,32H,6-9,11,15-16H2,1-5H3,(H,33,38). The number of alkyl carbamates (subject to hydrolysis) is 1. The van der Waals surface area contributed by atoms with Gasteiger partial charge in [0.05, 0.1) is 36.3 Å². The minimum atomic E-state index is -0.586. The van der Waals surface area contributed by atoms with Gasteiger partial charge in [-0.15, -0.1) is 11.3 Å². The van der Waals surface area contributed by atoms with Crippen molar-refractivity contribution in [3.05, 3.63) is 35.5 Å². The third-order valence-electron chi connectivity index (χ3n) is 8.10. The summed E-state index contributed by atoms with van der Waals surface area (Å²) in [6.45, 7) is 7.53. The van der Waals surface area contributed by atoms with E-state index in [-0.39, 0.29) is 11.7 Å². The lowest BCUT2D eigenvalue weighted by Crippen LogP contribution is -2.51. The van der Waals surface area contributed by atoms with E-state index in [0.717, 1.165) is 48.2 Å². The van der Waals surface area contributed by atoms with E-state index in [1.165, 1.54) is 23.1 Å². The Kier molecular flexibility index (Phi) is 7.32. The van der Waals surface area contributed by atoms with Crippen molar-refractivity contribution in [2.24, 2.45) is 18.9 Å². The Morgan fingerprint density at radius 3 is 2.76 bits per heavy atom. The number of imidazole rings is 1. The quantitative estimate of drug-likeness (QED) is 0.259. The van der Waals surface area contributed by atoms with Crippen LogP contribution in [0, 0.1) is 11.8 Å². The number of carbonyl (C=O) groups is 2. The van der Waals surface area contributed by atoms with Gasteiger partial charge in [0.2, 0.25) is 0 Å². The molecular formula is C31H39N5O4S. The maximum absolute atomic E-state index is 14.6. The predicted molar refractivity (Wildman–Crippen MR) is 162 cm³/mol. The van der Waals surface area contributed by atoms with Gasteiger partial charge in [-0.05, 0) is 88.4 Å². The van der Waals surface area contributed by atoms with Gasteiger partial charge < -0.3 is 29.2 Å². The molecule has 10 heteroatoms. The lowest BCUT2D eigenvalue weighted by Gasteiger charge is -2.32. The average Bonchev–Trinajstić information content (AvgIpc) is 3.35. The highest BCUT2D eigenvalue weighted by Crippen LogP contribution is 2.45. The maximum atomic E-state index is 14.6. The van der Waals surface area contributed by atoms with Gasteiger partial charge in [-0.1, -0.05) is 0 Å². The number of ketones is 1. The molecule has 0 spiro atoms. The summed E-state index contributed by atoms with van der Waals surface area (Å²) in [5.41, 5.74) is 3.40. The molecule has 0 radical (unpaired) electrons. The first-order valence-electron chi connectivity index (χ1n) is 14.5. The van der Waals surface area contributed by atoms with Gasteiger partial charge in [0.1, 0.15) is 15.9 Å². The maximum Gasteiger partial charge on any atom is 0.407 e. The molecule has 9 nitrogen and oxygen atoms in total. The number of carbonyl (C=O) groups excluding carboxylic acids is 2. The largest absolute Gasteiger partial charge is 0.494 e. The summed E-state index contributed by atoms with van der Waals surface area (Å²) in [7, 11) is 3.62. The molecule has 4 heterocycles. The van der Waals surface area contributed by atoms with E-state index in [0.29, 0.717) is 23.8 Å². The van der Waals surface area contributed by atoms with Crippen molar-refractivity contribution >= 4 is 44.5 Å². The zero-order valence-corrected chi connectivity index (χ0v) is 25.3. The zero-order chi connectivity index (χ0) is 28.9. The number of hydrogen-bond acceptors (Lipinski definition) is 7. The third-order valence-corrected chi connectivity index (χ3v) is 9.05. The molecule has 3 aromatic heterocycles. The van der Waals surface area contributed by atoms with E-state index in [1.54, 1.807) is 24.8 Å². The fourth-order valence-electron chi connectivity index (χ4n) is 6.03. The SMILES string of the molecule is COc1c(-c2cc3ccsc3n2CC2CC2)c(C(=O)C2NCCCC2CNC(=O)OC(C)(C)C)cc2ncn(C)c12. The minimum Gasteiger partial charge on any atom is -0.494 e. The number of rotatable bonds is 8. The average molecular weight is 578 g/mol. The number of amides is 1. The monoisotopic (exact) mass is 577 g/mol. The van der Waals surface area contributed by atoms with Crippen LogP contribution in [-0.4, -0.2) is 57.8 Å². The number of benzene rings is 1. The van der Waals surface area contributed by atoms with Crippen LogP contribution in [-0.2, 0) is 18.3 Å². The number of fused-ring (bicyclic) bond motifs is 2. The number of aromatic nitrogens is 3. The topological polar surface area (TPSA) is 99.4 Å². The van der Waals surface area contributed by atoms with Gasteiger partial charge >= 0.3 is 6.09 Å². The first-order valence-corrected chi connectivity index (χ1v) is 15.4. The summed E-state index contributed by atoms with van der Waals surface area (Å²) in [6.07, 6.45) is 5.51. The molecule has 2 aliphatic rings. The Bertz CT molecular complexity index is 1610. The third kappa shape index (κ3) is 5.47. The van der Waals surface area contributed by atoms with Crippen LogP contribution in [0.25, 0.3) is 32.5 Å². The molecule has 6 rings (SSSR count). The van der Waals surface area contributed by atoms with Gasteiger partial charge in [0.25, 0.3) is 0 Å². The number of ether oxygens (including phenoxy) is 2. The van der Waals surface area contributed by atoms with Gasteiger partial charge in [-0.2, -0.15) is 0 Å². The number of hydrogen-bond donors (Lipinski definition) is 2. The number of Topliss-reactive ketones (excluding diaryl/α,β-unsaturated/α-hetero) is 1.